The lowest BCUT2D eigenvalue weighted by Crippen LogP contribution is -2.08. The molecule has 0 unspecified atom stereocenters. The number of carbonyl (C=O) groups excluding carboxylic acids is 2. The van der Waals surface area contributed by atoms with Crippen LogP contribution in [0.3, 0.4) is 0 Å². The van der Waals surface area contributed by atoms with Crippen LogP contribution in [0.1, 0.15) is 29.3 Å². The molecule has 0 saturated heterocycles. The molecule has 0 heterocycles. The summed E-state index contributed by atoms with van der Waals surface area (Å²) in [6, 6.07) is 4.88. The van der Waals surface area contributed by atoms with Crippen molar-refractivity contribution in [2.45, 2.75) is 13.3 Å². The molecule has 0 aliphatic rings. The van der Waals surface area contributed by atoms with Crippen molar-refractivity contribution in [3.05, 3.63) is 34.3 Å². The summed E-state index contributed by atoms with van der Waals surface area (Å²) < 4.78 is 0. The first kappa shape index (κ1) is 12.3. The minimum Gasteiger partial charge on any atom is -0.369 e. The molecule has 3 nitrogen and oxygen atoms in total. The zero-order valence-electron chi connectivity index (χ0n) is 8.71. The lowest BCUT2D eigenvalue weighted by molar-refractivity contribution is -0.117. The van der Waals surface area contributed by atoms with Gasteiger partial charge in [-0.05, 0) is 25.1 Å². The number of amides is 1. The van der Waals surface area contributed by atoms with Gasteiger partial charge in [0.25, 0.3) is 0 Å². The average Bonchev–Trinajstić information content (AvgIpc) is 2.19. The molecule has 1 aromatic carbocycles. The van der Waals surface area contributed by atoms with Crippen molar-refractivity contribution in [3.8, 4) is 11.8 Å². The number of primary amides is 1. The highest BCUT2D eigenvalue weighted by atomic mass is 35.5. The Balaban J connectivity index is 2.98. The SMILES string of the molecule is CC(=O)c1cc(C#CCC(N)=O)ccc1Cl. The Kier molecular flexibility index (Phi) is 4.10. The average molecular weight is 236 g/mol. The van der Waals surface area contributed by atoms with Gasteiger partial charge in [-0.25, -0.2) is 0 Å². The molecule has 4 heteroatoms. The maximum Gasteiger partial charge on any atom is 0.229 e. The summed E-state index contributed by atoms with van der Waals surface area (Å²) in [6.07, 6.45) is -0.00195. The summed E-state index contributed by atoms with van der Waals surface area (Å²) in [6.45, 7) is 1.43. The van der Waals surface area contributed by atoms with Crippen molar-refractivity contribution in [3.63, 3.8) is 0 Å². The monoisotopic (exact) mass is 235 g/mol. The van der Waals surface area contributed by atoms with Gasteiger partial charge in [-0.15, -0.1) is 0 Å². The number of nitrogens with two attached hydrogens (primary N) is 1. The molecule has 16 heavy (non-hydrogen) atoms. The van der Waals surface area contributed by atoms with E-state index >= 15 is 0 Å². The second-order valence-corrected chi connectivity index (χ2v) is 3.60. The van der Waals surface area contributed by atoms with Crippen LogP contribution in [-0.4, -0.2) is 11.7 Å². The highest BCUT2D eigenvalue weighted by Crippen LogP contribution is 2.17. The van der Waals surface area contributed by atoms with Gasteiger partial charge in [-0.2, -0.15) is 0 Å². The molecule has 0 fully saturated rings. The summed E-state index contributed by atoms with van der Waals surface area (Å²) >= 11 is 5.83. The predicted octanol–water partition coefficient (Wildman–Crippen LogP) is 1.77. The number of carbonyl (C=O) groups is 2. The molecule has 1 aromatic rings. The molecule has 0 spiro atoms. The Morgan fingerprint density at radius 2 is 2.12 bits per heavy atom. The van der Waals surface area contributed by atoms with Gasteiger partial charge in [-0.3, -0.25) is 9.59 Å². The number of ketones is 1. The second-order valence-electron chi connectivity index (χ2n) is 3.20. The first-order chi connectivity index (χ1) is 7.50. The van der Waals surface area contributed by atoms with Crippen LogP contribution >= 0.6 is 11.6 Å². The lowest BCUT2D eigenvalue weighted by Gasteiger charge is -1.99. The zero-order valence-corrected chi connectivity index (χ0v) is 9.47. The Morgan fingerprint density at radius 3 is 2.69 bits per heavy atom. The smallest absolute Gasteiger partial charge is 0.229 e. The quantitative estimate of drug-likeness (QED) is 0.627. The summed E-state index contributed by atoms with van der Waals surface area (Å²) in [5.74, 6) is 4.74. The van der Waals surface area contributed by atoms with Crippen LogP contribution in [-0.2, 0) is 4.79 Å². The van der Waals surface area contributed by atoms with E-state index in [0.717, 1.165) is 0 Å². The highest BCUT2D eigenvalue weighted by Gasteiger charge is 2.05. The molecule has 1 rings (SSSR count). The van der Waals surface area contributed by atoms with Gasteiger partial charge in [0.1, 0.15) is 0 Å². The van der Waals surface area contributed by atoms with Crippen molar-refractivity contribution in [2.24, 2.45) is 5.73 Å². The number of rotatable bonds is 2. The molecule has 0 radical (unpaired) electrons. The number of hydrogen-bond acceptors (Lipinski definition) is 2. The van der Waals surface area contributed by atoms with Gasteiger partial charge in [-0.1, -0.05) is 23.4 Å². The Morgan fingerprint density at radius 1 is 1.44 bits per heavy atom. The van der Waals surface area contributed by atoms with Crippen molar-refractivity contribution in [1.82, 2.24) is 0 Å². The molecule has 0 aliphatic carbocycles. The van der Waals surface area contributed by atoms with Crippen LogP contribution in [0.4, 0.5) is 0 Å². The first-order valence-corrected chi connectivity index (χ1v) is 4.96. The number of halogens is 1. The second kappa shape index (κ2) is 5.34. The molecule has 2 N–H and O–H groups in total. The fourth-order valence-corrected chi connectivity index (χ4v) is 1.36. The molecule has 0 atom stereocenters. The van der Waals surface area contributed by atoms with E-state index in [1.807, 2.05) is 0 Å². The third kappa shape index (κ3) is 3.41. The maximum atomic E-state index is 11.2. The standard InChI is InChI=1S/C12H10ClNO2/c1-8(15)10-7-9(5-6-11(10)13)3-2-4-12(14)16/h5-7H,4H2,1H3,(H2,14,16). The summed E-state index contributed by atoms with van der Waals surface area (Å²) in [5, 5.41) is 0.396. The van der Waals surface area contributed by atoms with Crippen LogP contribution in [0, 0.1) is 11.8 Å². The minimum atomic E-state index is -0.478. The predicted molar refractivity (Wildman–Crippen MR) is 62.1 cm³/mol. The molecule has 0 bridgehead atoms. The van der Waals surface area contributed by atoms with Crippen molar-refractivity contribution < 1.29 is 9.59 Å². The molecule has 82 valence electrons. The number of benzene rings is 1. The van der Waals surface area contributed by atoms with E-state index in [-0.39, 0.29) is 12.2 Å². The Labute approximate surface area is 98.6 Å². The number of hydrogen-bond donors (Lipinski definition) is 1. The summed E-state index contributed by atoms with van der Waals surface area (Å²) in [4.78, 5) is 21.7. The van der Waals surface area contributed by atoms with Crippen LogP contribution < -0.4 is 5.73 Å². The lowest BCUT2D eigenvalue weighted by atomic mass is 10.1. The fraction of sp³-hybridized carbons (Fsp3) is 0.167. The van der Waals surface area contributed by atoms with E-state index in [4.69, 9.17) is 17.3 Å². The molecule has 1 amide bonds. The third-order valence-corrected chi connectivity index (χ3v) is 2.17. The molecule has 0 saturated carbocycles. The minimum absolute atomic E-state index is 0.00195. The van der Waals surface area contributed by atoms with E-state index in [1.54, 1.807) is 18.2 Å². The van der Waals surface area contributed by atoms with Crippen LogP contribution in [0.2, 0.25) is 5.02 Å². The Hall–Kier alpha value is -1.79. The third-order valence-electron chi connectivity index (χ3n) is 1.84. The molecular formula is C12H10ClNO2. The van der Waals surface area contributed by atoms with E-state index in [2.05, 4.69) is 11.8 Å². The van der Waals surface area contributed by atoms with Crippen LogP contribution in [0.15, 0.2) is 18.2 Å². The van der Waals surface area contributed by atoms with Gasteiger partial charge >= 0.3 is 0 Å². The van der Waals surface area contributed by atoms with E-state index in [1.165, 1.54) is 6.92 Å². The van der Waals surface area contributed by atoms with Crippen molar-refractivity contribution >= 4 is 23.3 Å². The van der Waals surface area contributed by atoms with Crippen molar-refractivity contribution in [1.29, 1.82) is 0 Å². The van der Waals surface area contributed by atoms with Gasteiger partial charge in [0.2, 0.25) is 5.91 Å². The van der Waals surface area contributed by atoms with Gasteiger partial charge < -0.3 is 5.73 Å². The van der Waals surface area contributed by atoms with Crippen LogP contribution in [0.5, 0.6) is 0 Å². The molecular weight excluding hydrogens is 226 g/mol. The molecule has 0 aromatic heterocycles. The van der Waals surface area contributed by atoms with E-state index in [0.29, 0.717) is 16.1 Å². The number of Topliss-reactive ketones (excluding diaryl/α,β-unsaturated/α-hetero) is 1. The highest BCUT2D eigenvalue weighted by molar-refractivity contribution is 6.33. The largest absolute Gasteiger partial charge is 0.369 e. The van der Waals surface area contributed by atoms with E-state index < -0.39 is 5.91 Å². The van der Waals surface area contributed by atoms with Crippen LogP contribution in [0.25, 0.3) is 0 Å². The topological polar surface area (TPSA) is 60.2 Å². The summed E-state index contributed by atoms with van der Waals surface area (Å²) in [5.41, 5.74) is 6.00. The van der Waals surface area contributed by atoms with Gasteiger partial charge in [0.05, 0.1) is 11.4 Å². The fourth-order valence-electron chi connectivity index (χ4n) is 1.11. The van der Waals surface area contributed by atoms with Gasteiger partial charge in [0, 0.05) is 11.1 Å². The Bertz CT molecular complexity index is 497. The van der Waals surface area contributed by atoms with E-state index in [9.17, 15) is 9.59 Å². The maximum absolute atomic E-state index is 11.2. The summed E-state index contributed by atoms with van der Waals surface area (Å²) in [7, 11) is 0. The zero-order chi connectivity index (χ0) is 12.1. The van der Waals surface area contributed by atoms with Crippen molar-refractivity contribution in [2.75, 3.05) is 0 Å². The first-order valence-electron chi connectivity index (χ1n) is 4.58. The normalized spacial score (nSPS) is 9.12. The van der Waals surface area contributed by atoms with Gasteiger partial charge in [0.15, 0.2) is 5.78 Å². The molecule has 0 aliphatic heterocycles.